The fourth-order valence-corrected chi connectivity index (χ4v) is 6.17. The predicted molar refractivity (Wildman–Crippen MR) is 133 cm³/mol. The Morgan fingerprint density at radius 2 is 1.91 bits per heavy atom. The third-order valence-corrected chi connectivity index (χ3v) is 8.54. The Morgan fingerprint density at radius 1 is 1.11 bits per heavy atom. The molecule has 35 heavy (non-hydrogen) atoms. The van der Waals surface area contributed by atoms with Gasteiger partial charge in [0.25, 0.3) is 0 Å². The van der Waals surface area contributed by atoms with Crippen molar-refractivity contribution in [2.75, 3.05) is 26.0 Å². The van der Waals surface area contributed by atoms with E-state index in [0.717, 1.165) is 53.2 Å². The van der Waals surface area contributed by atoms with Gasteiger partial charge in [-0.1, -0.05) is 6.07 Å². The molecule has 5 rings (SSSR count). The van der Waals surface area contributed by atoms with E-state index in [9.17, 15) is 18.0 Å². The molecule has 0 bridgehead atoms. The second-order valence-electron chi connectivity index (χ2n) is 9.61. The van der Waals surface area contributed by atoms with E-state index in [1.165, 1.54) is 6.26 Å². The molecule has 3 aromatic rings. The van der Waals surface area contributed by atoms with Crippen molar-refractivity contribution in [3.05, 3.63) is 42.2 Å². The standard InChI is InChI=1S/C26H30N2O6S/c1-35(31,32)28-12-10-17(11-13-28)3-2-14-33-19-5-6-20-18(15-19)4-8-23-25(20)22(16-34-23)21-7-9-24(29)27-26(21)30/h4-6,8,15-17,21H,2-3,7,9-14H2,1H3,(H,27,29,30). The number of rotatable bonds is 7. The number of imide groups is 1. The lowest BCUT2D eigenvalue weighted by Crippen LogP contribution is -2.39. The number of fused-ring (bicyclic) bond motifs is 3. The summed E-state index contributed by atoms with van der Waals surface area (Å²) in [6.07, 6.45) is 7.45. The number of furan rings is 1. The third-order valence-electron chi connectivity index (χ3n) is 7.24. The van der Waals surface area contributed by atoms with E-state index in [1.54, 1.807) is 10.6 Å². The summed E-state index contributed by atoms with van der Waals surface area (Å²) in [5.41, 5.74) is 1.53. The number of hydrogen-bond donors (Lipinski definition) is 1. The number of benzene rings is 2. The Balaban J connectivity index is 1.23. The maximum Gasteiger partial charge on any atom is 0.234 e. The summed E-state index contributed by atoms with van der Waals surface area (Å²) in [6.45, 7) is 1.82. The largest absolute Gasteiger partial charge is 0.494 e. The van der Waals surface area contributed by atoms with Crippen molar-refractivity contribution in [1.29, 1.82) is 0 Å². The Kier molecular flexibility index (Phi) is 6.55. The van der Waals surface area contributed by atoms with Crippen LogP contribution in [0.5, 0.6) is 5.75 Å². The number of ether oxygens (including phenoxy) is 1. The minimum atomic E-state index is -3.08. The summed E-state index contributed by atoms with van der Waals surface area (Å²) in [4.78, 5) is 24.0. The van der Waals surface area contributed by atoms with Gasteiger partial charge in [-0.05, 0) is 73.1 Å². The molecule has 0 radical (unpaired) electrons. The van der Waals surface area contributed by atoms with E-state index >= 15 is 0 Å². The first-order chi connectivity index (χ1) is 16.8. The number of piperidine rings is 2. The van der Waals surface area contributed by atoms with Crippen LogP contribution in [0.2, 0.25) is 0 Å². The van der Waals surface area contributed by atoms with Gasteiger partial charge in [0, 0.05) is 30.5 Å². The van der Waals surface area contributed by atoms with Crippen LogP contribution in [0.15, 0.2) is 41.0 Å². The average Bonchev–Trinajstić information content (AvgIpc) is 3.26. The van der Waals surface area contributed by atoms with Gasteiger partial charge in [0.1, 0.15) is 11.3 Å². The molecule has 186 valence electrons. The summed E-state index contributed by atoms with van der Waals surface area (Å²) in [5.74, 6) is 0.413. The molecule has 9 heteroatoms. The number of amides is 2. The van der Waals surface area contributed by atoms with E-state index in [0.29, 0.717) is 44.0 Å². The summed E-state index contributed by atoms with van der Waals surface area (Å²) in [6, 6.07) is 9.82. The van der Waals surface area contributed by atoms with Crippen LogP contribution in [0.1, 0.15) is 50.0 Å². The maximum absolute atomic E-state index is 12.4. The molecule has 2 fully saturated rings. The van der Waals surface area contributed by atoms with Gasteiger partial charge in [0.05, 0.1) is 25.0 Å². The quantitative estimate of drug-likeness (QED) is 0.391. The molecule has 1 atom stereocenters. The highest BCUT2D eigenvalue weighted by atomic mass is 32.2. The zero-order valence-electron chi connectivity index (χ0n) is 19.8. The second kappa shape index (κ2) is 9.62. The zero-order valence-corrected chi connectivity index (χ0v) is 20.6. The van der Waals surface area contributed by atoms with Crippen LogP contribution in [-0.4, -0.2) is 50.5 Å². The van der Waals surface area contributed by atoms with E-state index in [-0.39, 0.29) is 11.8 Å². The molecule has 2 aromatic carbocycles. The van der Waals surface area contributed by atoms with Crippen molar-refractivity contribution in [3.63, 3.8) is 0 Å². The molecule has 1 N–H and O–H groups in total. The predicted octanol–water partition coefficient (Wildman–Crippen LogP) is 3.94. The Labute approximate surface area is 204 Å². The van der Waals surface area contributed by atoms with Crippen molar-refractivity contribution in [3.8, 4) is 5.75 Å². The summed E-state index contributed by atoms with van der Waals surface area (Å²) < 4.78 is 36.6. The average molecular weight is 499 g/mol. The summed E-state index contributed by atoms with van der Waals surface area (Å²) in [7, 11) is -3.08. The van der Waals surface area contributed by atoms with Gasteiger partial charge in [0.2, 0.25) is 21.8 Å². The molecule has 2 saturated heterocycles. The summed E-state index contributed by atoms with van der Waals surface area (Å²) in [5, 5.41) is 5.32. The van der Waals surface area contributed by atoms with Crippen LogP contribution < -0.4 is 10.1 Å². The third kappa shape index (κ3) is 5.06. The fourth-order valence-electron chi connectivity index (χ4n) is 5.30. The lowest BCUT2D eigenvalue weighted by molar-refractivity contribution is -0.134. The Bertz CT molecular complexity index is 1370. The van der Waals surface area contributed by atoms with Gasteiger partial charge in [0.15, 0.2) is 0 Å². The highest BCUT2D eigenvalue weighted by Crippen LogP contribution is 2.37. The lowest BCUT2D eigenvalue weighted by atomic mass is 9.89. The molecule has 3 heterocycles. The molecule has 0 aliphatic carbocycles. The van der Waals surface area contributed by atoms with E-state index in [2.05, 4.69) is 5.32 Å². The highest BCUT2D eigenvalue weighted by Gasteiger charge is 2.31. The van der Waals surface area contributed by atoms with Crippen molar-refractivity contribution in [2.45, 2.75) is 44.4 Å². The lowest BCUT2D eigenvalue weighted by Gasteiger charge is -2.30. The Hall–Kier alpha value is -2.91. The Morgan fingerprint density at radius 3 is 2.66 bits per heavy atom. The molecule has 0 saturated carbocycles. The molecule has 2 aliphatic rings. The van der Waals surface area contributed by atoms with Crippen molar-refractivity contribution >= 4 is 43.6 Å². The molecular weight excluding hydrogens is 468 g/mol. The number of hydrogen-bond acceptors (Lipinski definition) is 6. The smallest absolute Gasteiger partial charge is 0.234 e. The minimum Gasteiger partial charge on any atom is -0.494 e. The van der Waals surface area contributed by atoms with Crippen LogP contribution in [0.3, 0.4) is 0 Å². The topological polar surface area (TPSA) is 106 Å². The van der Waals surface area contributed by atoms with Crippen molar-refractivity contribution in [1.82, 2.24) is 9.62 Å². The SMILES string of the molecule is CS(=O)(=O)N1CCC(CCCOc2ccc3c(ccc4occ(C5CCC(=O)NC5=O)c43)c2)CC1. The van der Waals surface area contributed by atoms with Crippen LogP contribution >= 0.6 is 0 Å². The number of sulfonamides is 1. The molecule has 2 amide bonds. The van der Waals surface area contributed by atoms with Crippen molar-refractivity contribution in [2.24, 2.45) is 5.92 Å². The molecule has 0 spiro atoms. The first kappa shape index (κ1) is 23.8. The number of carbonyl (C=O) groups excluding carboxylic acids is 2. The number of nitrogens with one attached hydrogen (secondary N) is 1. The zero-order chi connectivity index (χ0) is 24.6. The van der Waals surface area contributed by atoms with Crippen LogP contribution in [-0.2, 0) is 19.6 Å². The second-order valence-corrected chi connectivity index (χ2v) is 11.6. The van der Waals surface area contributed by atoms with Crippen LogP contribution in [0.25, 0.3) is 21.7 Å². The van der Waals surface area contributed by atoms with Gasteiger partial charge in [-0.3, -0.25) is 14.9 Å². The molecule has 2 aliphatic heterocycles. The fraction of sp³-hybridized carbons (Fsp3) is 0.462. The van der Waals surface area contributed by atoms with Gasteiger partial charge >= 0.3 is 0 Å². The molecule has 1 aromatic heterocycles. The maximum atomic E-state index is 12.4. The van der Waals surface area contributed by atoms with E-state index in [4.69, 9.17) is 9.15 Å². The van der Waals surface area contributed by atoms with Gasteiger partial charge in [-0.2, -0.15) is 0 Å². The first-order valence-electron chi connectivity index (χ1n) is 12.1. The minimum absolute atomic E-state index is 0.231. The molecular formula is C26H30N2O6S. The normalized spacial score (nSPS) is 20.4. The van der Waals surface area contributed by atoms with Crippen molar-refractivity contribution < 1.29 is 27.2 Å². The first-order valence-corrected chi connectivity index (χ1v) is 14.0. The van der Waals surface area contributed by atoms with Gasteiger partial charge in [-0.25, -0.2) is 12.7 Å². The molecule has 8 nitrogen and oxygen atoms in total. The molecule has 1 unspecified atom stereocenters. The van der Waals surface area contributed by atoms with Crippen LogP contribution in [0.4, 0.5) is 0 Å². The number of carbonyl (C=O) groups is 2. The summed E-state index contributed by atoms with van der Waals surface area (Å²) >= 11 is 0. The number of nitrogens with zero attached hydrogens (tertiary/aromatic N) is 1. The van der Waals surface area contributed by atoms with Gasteiger partial charge < -0.3 is 9.15 Å². The monoisotopic (exact) mass is 498 g/mol. The highest BCUT2D eigenvalue weighted by molar-refractivity contribution is 7.88. The van der Waals surface area contributed by atoms with Gasteiger partial charge in [-0.15, -0.1) is 0 Å². The van der Waals surface area contributed by atoms with Crippen LogP contribution in [0, 0.1) is 5.92 Å². The van der Waals surface area contributed by atoms with E-state index in [1.807, 2.05) is 30.3 Å². The van der Waals surface area contributed by atoms with E-state index < -0.39 is 15.9 Å².